The third kappa shape index (κ3) is 1.72. The van der Waals surface area contributed by atoms with E-state index in [0.29, 0.717) is 0 Å². The number of benzene rings is 2. The van der Waals surface area contributed by atoms with E-state index in [4.69, 9.17) is 0 Å². The number of hydrogen-bond acceptors (Lipinski definition) is 0. The summed E-state index contributed by atoms with van der Waals surface area (Å²) in [6.07, 6.45) is 0. The predicted molar refractivity (Wildman–Crippen MR) is 42.8 cm³/mol. The first-order chi connectivity index (χ1) is 4.97. The molecule has 1 heteroatoms. The summed E-state index contributed by atoms with van der Waals surface area (Å²) in [7, 11) is 0. The van der Waals surface area contributed by atoms with E-state index in [9.17, 15) is 0 Å². The zero-order valence-electron chi connectivity index (χ0n) is 5.84. The van der Waals surface area contributed by atoms with Crippen LogP contribution in [0.25, 0.3) is 10.8 Å². The van der Waals surface area contributed by atoms with Gasteiger partial charge in [-0.25, -0.2) is 0 Å². The number of rotatable bonds is 0. The van der Waals surface area contributed by atoms with Crippen LogP contribution in [0.2, 0.25) is 0 Å². The van der Waals surface area contributed by atoms with Gasteiger partial charge in [-0.3, -0.25) is 0 Å². The van der Waals surface area contributed by atoms with E-state index in [1.165, 1.54) is 10.8 Å². The summed E-state index contributed by atoms with van der Waals surface area (Å²) < 4.78 is 0. The summed E-state index contributed by atoms with van der Waals surface area (Å²) in [5, 5.41) is 2.44. The Morgan fingerprint density at radius 3 is 2.45 bits per heavy atom. The Bertz CT molecular complexity index is 276. The van der Waals surface area contributed by atoms with E-state index in [2.05, 4.69) is 24.3 Å². The predicted octanol–water partition coefficient (Wildman–Crippen LogP) is 2.64. The summed E-state index contributed by atoms with van der Waals surface area (Å²) in [6, 6.07) is 17.4. The molecular formula is C10H7Au. The summed E-state index contributed by atoms with van der Waals surface area (Å²) in [6.45, 7) is 0. The molecule has 0 aliphatic carbocycles. The summed E-state index contributed by atoms with van der Waals surface area (Å²) in [4.78, 5) is 0. The summed E-state index contributed by atoms with van der Waals surface area (Å²) in [5.74, 6) is 0. The third-order valence-corrected chi connectivity index (χ3v) is 1.57. The minimum absolute atomic E-state index is 0. The Kier molecular flexibility index (Phi) is 2.89. The van der Waals surface area contributed by atoms with Crippen molar-refractivity contribution < 1.29 is 22.4 Å². The number of hydrogen-bond donors (Lipinski definition) is 0. The molecule has 0 aliphatic rings. The molecule has 0 nitrogen and oxygen atoms in total. The fraction of sp³-hybridized carbons (Fsp3) is 0. The molecule has 0 aliphatic heterocycles. The van der Waals surface area contributed by atoms with Crippen molar-refractivity contribution in [1.29, 1.82) is 0 Å². The van der Waals surface area contributed by atoms with Crippen LogP contribution >= 0.6 is 0 Å². The zero-order chi connectivity index (χ0) is 6.81. The Morgan fingerprint density at radius 2 is 1.64 bits per heavy atom. The van der Waals surface area contributed by atoms with Crippen molar-refractivity contribution in [2.24, 2.45) is 0 Å². The van der Waals surface area contributed by atoms with E-state index in [-0.39, 0.29) is 22.4 Å². The van der Waals surface area contributed by atoms with E-state index in [1.807, 2.05) is 24.3 Å². The second kappa shape index (κ2) is 3.72. The Morgan fingerprint density at radius 1 is 0.909 bits per heavy atom. The standard InChI is InChI=1S/C10H7.Au/c1-2-6-10-8-4-3-7-9(10)5-1;/h1-7H;/q-1;+1. The maximum absolute atomic E-state index is 3.15. The largest absolute Gasteiger partial charge is 1.00 e. The molecule has 2 aromatic carbocycles. The topological polar surface area (TPSA) is 0 Å². The van der Waals surface area contributed by atoms with Crippen molar-refractivity contribution in [3.8, 4) is 0 Å². The Balaban J connectivity index is 0.000000605. The van der Waals surface area contributed by atoms with Crippen molar-refractivity contribution in [3.63, 3.8) is 0 Å². The minimum Gasteiger partial charge on any atom is -0.147 e. The summed E-state index contributed by atoms with van der Waals surface area (Å²) >= 11 is 0. The van der Waals surface area contributed by atoms with Crippen molar-refractivity contribution in [1.82, 2.24) is 0 Å². The van der Waals surface area contributed by atoms with Crippen LogP contribution in [0, 0.1) is 6.07 Å². The minimum atomic E-state index is 0. The van der Waals surface area contributed by atoms with Crippen LogP contribution in [0.1, 0.15) is 0 Å². The van der Waals surface area contributed by atoms with Crippen LogP contribution in [0.3, 0.4) is 0 Å². The number of fused-ring (bicyclic) bond motifs is 1. The van der Waals surface area contributed by atoms with Gasteiger partial charge in [0.25, 0.3) is 0 Å². The molecule has 0 spiro atoms. The van der Waals surface area contributed by atoms with Crippen molar-refractivity contribution in [2.45, 2.75) is 0 Å². The average molecular weight is 324 g/mol. The molecule has 0 unspecified atom stereocenters. The normalized spacial score (nSPS) is 9.09. The molecule has 0 radical (unpaired) electrons. The molecule has 0 atom stereocenters. The second-order valence-corrected chi connectivity index (χ2v) is 2.26. The quantitative estimate of drug-likeness (QED) is 0.516. The first kappa shape index (κ1) is 8.54. The molecule has 58 valence electrons. The average Bonchev–Trinajstić information content (AvgIpc) is 2.05. The molecule has 0 amide bonds. The van der Waals surface area contributed by atoms with Crippen LogP contribution in [0.5, 0.6) is 0 Å². The van der Waals surface area contributed by atoms with Gasteiger partial charge in [-0.2, -0.15) is 0 Å². The molecule has 2 aromatic rings. The molecule has 0 aromatic heterocycles. The fourth-order valence-electron chi connectivity index (χ4n) is 1.06. The smallest absolute Gasteiger partial charge is 0.147 e. The van der Waals surface area contributed by atoms with E-state index in [1.54, 1.807) is 0 Å². The maximum atomic E-state index is 3.15. The monoisotopic (exact) mass is 324 g/mol. The first-order valence-corrected chi connectivity index (χ1v) is 3.32. The van der Waals surface area contributed by atoms with Gasteiger partial charge in [0.15, 0.2) is 0 Å². The van der Waals surface area contributed by atoms with Gasteiger partial charge in [-0.1, -0.05) is 12.1 Å². The van der Waals surface area contributed by atoms with Gasteiger partial charge in [0.1, 0.15) is 0 Å². The van der Waals surface area contributed by atoms with Crippen molar-refractivity contribution in [2.75, 3.05) is 0 Å². The molecule has 0 saturated heterocycles. The Labute approximate surface area is 81.7 Å². The molecule has 0 fully saturated rings. The van der Waals surface area contributed by atoms with Crippen LogP contribution < -0.4 is 0 Å². The van der Waals surface area contributed by atoms with Crippen LogP contribution in [0.4, 0.5) is 0 Å². The van der Waals surface area contributed by atoms with Crippen LogP contribution in [0.15, 0.2) is 42.5 Å². The molecule has 0 heterocycles. The molecule has 0 bridgehead atoms. The maximum Gasteiger partial charge on any atom is 1.00 e. The van der Waals surface area contributed by atoms with E-state index >= 15 is 0 Å². The van der Waals surface area contributed by atoms with Gasteiger partial charge in [0.05, 0.1) is 0 Å². The molecule has 0 N–H and O–H groups in total. The molecular weight excluding hydrogens is 317 g/mol. The first-order valence-electron chi connectivity index (χ1n) is 3.32. The molecule has 11 heavy (non-hydrogen) atoms. The van der Waals surface area contributed by atoms with Crippen LogP contribution in [-0.4, -0.2) is 0 Å². The van der Waals surface area contributed by atoms with E-state index in [0.717, 1.165) is 0 Å². The molecule has 2 rings (SSSR count). The van der Waals surface area contributed by atoms with Crippen molar-refractivity contribution >= 4 is 10.8 Å². The summed E-state index contributed by atoms with van der Waals surface area (Å²) in [5.41, 5.74) is 0. The zero-order valence-corrected chi connectivity index (χ0v) is 8.01. The van der Waals surface area contributed by atoms with Gasteiger partial charge >= 0.3 is 22.4 Å². The van der Waals surface area contributed by atoms with E-state index < -0.39 is 0 Å². The molecule has 0 saturated carbocycles. The Hall–Kier alpha value is -0.560. The van der Waals surface area contributed by atoms with Gasteiger partial charge < -0.3 is 0 Å². The van der Waals surface area contributed by atoms with Crippen LogP contribution in [-0.2, 0) is 22.4 Å². The fourth-order valence-corrected chi connectivity index (χ4v) is 1.06. The SMILES string of the molecule is [Au+].[c-]1cccc2ccccc12. The van der Waals surface area contributed by atoms with Gasteiger partial charge in [-0.15, -0.1) is 47.2 Å². The van der Waals surface area contributed by atoms with Gasteiger partial charge in [0, 0.05) is 0 Å². The van der Waals surface area contributed by atoms with Gasteiger partial charge in [0.2, 0.25) is 0 Å². The second-order valence-electron chi connectivity index (χ2n) is 2.26. The third-order valence-electron chi connectivity index (χ3n) is 1.57. The van der Waals surface area contributed by atoms with Crippen molar-refractivity contribution in [3.05, 3.63) is 48.5 Å². The van der Waals surface area contributed by atoms with Gasteiger partial charge in [-0.05, 0) is 0 Å².